The van der Waals surface area contributed by atoms with Gasteiger partial charge in [-0.1, -0.05) is 30.3 Å². The monoisotopic (exact) mass is 162 g/mol. The Kier molecular flexibility index (Phi) is 4.00. The van der Waals surface area contributed by atoms with E-state index in [0.717, 1.165) is 12.8 Å². The molecule has 0 saturated carbocycles. The van der Waals surface area contributed by atoms with Crippen LogP contribution in [-0.2, 0) is 11.2 Å². The topological polar surface area (TPSA) is 9.23 Å². The molecule has 0 spiro atoms. The molecule has 0 aliphatic carbocycles. The normalized spacial score (nSPS) is 10.4. The number of rotatable bonds is 4. The fraction of sp³-hybridized carbons (Fsp3) is 0.273. The van der Waals surface area contributed by atoms with Gasteiger partial charge in [-0.05, 0) is 24.5 Å². The van der Waals surface area contributed by atoms with E-state index < -0.39 is 0 Å². The summed E-state index contributed by atoms with van der Waals surface area (Å²) in [5, 5.41) is 0. The van der Waals surface area contributed by atoms with Crippen molar-refractivity contribution in [2.75, 3.05) is 7.11 Å². The predicted octanol–water partition coefficient (Wildman–Crippen LogP) is 2.78. The van der Waals surface area contributed by atoms with Crippen molar-refractivity contribution < 1.29 is 4.74 Å². The van der Waals surface area contributed by atoms with Gasteiger partial charge in [-0.25, -0.2) is 0 Å². The first-order valence-corrected chi connectivity index (χ1v) is 4.15. The highest BCUT2D eigenvalue weighted by atomic mass is 16.5. The minimum absolute atomic E-state index is 1.04. The van der Waals surface area contributed by atoms with Crippen LogP contribution in [0.2, 0.25) is 0 Å². The highest BCUT2D eigenvalue weighted by Crippen LogP contribution is 2.02. The molecule has 0 amide bonds. The largest absolute Gasteiger partial charge is 0.505 e. The number of methoxy groups -OCH3 is 1. The molecular weight excluding hydrogens is 148 g/mol. The molecule has 0 fully saturated rings. The number of hydrogen-bond acceptors (Lipinski definition) is 1. The van der Waals surface area contributed by atoms with Crippen molar-refractivity contribution in [1.29, 1.82) is 0 Å². The predicted molar refractivity (Wildman–Crippen MR) is 50.9 cm³/mol. The number of benzene rings is 1. The van der Waals surface area contributed by atoms with Crippen LogP contribution in [0, 0.1) is 0 Å². The molecule has 1 aromatic rings. The minimum atomic E-state index is 1.04. The summed E-state index contributed by atoms with van der Waals surface area (Å²) in [6.07, 6.45) is 5.88. The second kappa shape index (κ2) is 5.42. The third-order valence-corrected chi connectivity index (χ3v) is 1.67. The molecule has 0 aliphatic rings. The average molecular weight is 162 g/mol. The van der Waals surface area contributed by atoms with Crippen molar-refractivity contribution in [2.24, 2.45) is 0 Å². The number of allylic oxidation sites excluding steroid dienone is 1. The fourth-order valence-corrected chi connectivity index (χ4v) is 1.06. The van der Waals surface area contributed by atoms with Crippen LogP contribution in [0.5, 0.6) is 0 Å². The molecule has 0 saturated heterocycles. The first-order valence-electron chi connectivity index (χ1n) is 4.15. The van der Waals surface area contributed by atoms with Gasteiger partial charge >= 0.3 is 0 Å². The molecule has 0 bridgehead atoms. The smallest absolute Gasteiger partial charge is 0.0784 e. The molecule has 0 atom stereocenters. The lowest BCUT2D eigenvalue weighted by Crippen LogP contribution is -1.81. The van der Waals surface area contributed by atoms with Gasteiger partial charge in [-0.15, -0.1) is 0 Å². The van der Waals surface area contributed by atoms with Crippen LogP contribution in [-0.4, -0.2) is 7.11 Å². The maximum absolute atomic E-state index is 4.80. The van der Waals surface area contributed by atoms with E-state index in [4.69, 9.17) is 4.74 Å². The zero-order valence-corrected chi connectivity index (χ0v) is 7.36. The van der Waals surface area contributed by atoms with E-state index >= 15 is 0 Å². The van der Waals surface area contributed by atoms with Crippen molar-refractivity contribution in [2.45, 2.75) is 12.8 Å². The Bertz CT molecular complexity index is 226. The molecule has 12 heavy (non-hydrogen) atoms. The van der Waals surface area contributed by atoms with E-state index in [0.29, 0.717) is 0 Å². The Morgan fingerprint density at radius 1 is 1.25 bits per heavy atom. The quantitative estimate of drug-likeness (QED) is 0.618. The molecule has 64 valence electrons. The molecule has 0 N–H and O–H groups in total. The van der Waals surface area contributed by atoms with Gasteiger partial charge in [0.2, 0.25) is 0 Å². The zero-order valence-electron chi connectivity index (χ0n) is 7.36. The van der Waals surface area contributed by atoms with Crippen LogP contribution in [0.25, 0.3) is 0 Å². The Morgan fingerprint density at radius 2 is 2.00 bits per heavy atom. The van der Waals surface area contributed by atoms with E-state index in [1.807, 2.05) is 12.1 Å². The van der Waals surface area contributed by atoms with Crippen LogP contribution in [0.15, 0.2) is 42.7 Å². The maximum atomic E-state index is 4.80. The van der Waals surface area contributed by atoms with Crippen LogP contribution in [0.1, 0.15) is 12.0 Å². The number of ether oxygens (including phenoxy) is 1. The molecular formula is C11H14O. The molecule has 1 rings (SSSR count). The average Bonchev–Trinajstić information content (AvgIpc) is 2.14. The Morgan fingerprint density at radius 3 is 2.67 bits per heavy atom. The van der Waals surface area contributed by atoms with E-state index in [-0.39, 0.29) is 0 Å². The van der Waals surface area contributed by atoms with E-state index in [9.17, 15) is 0 Å². The molecule has 0 unspecified atom stereocenters. The summed E-state index contributed by atoms with van der Waals surface area (Å²) < 4.78 is 4.80. The van der Waals surface area contributed by atoms with E-state index in [1.165, 1.54) is 5.56 Å². The van der Waals surface area contributed by atoms with Crippen molar-refractivity contribution in [3.8, 4) is 0 Å². The summed E-state index contributed by atoms with van der Waals surface area (Å²) in [5.41, 5.74) is 1.37. The van der Waals surface area contributed by atoms with Crippen molar-refractivity contribution in [1.82, 2.24) is 0 Å². The van der Waals surface area contributed by atoms with Crippen LogP contribution in [0.3, 0.4) is 0 Å². The van der Waals surface area contributed by atoms with Gasteiger partial charge in [0.05, 0.1) is 13.4 Å². The second-order valence-corrected chi connectivity index (χ2v) is 2.63. The summed E-state index contributed by atoms with van der Waals surface area (Å²) >= 11 is 0. The lowest BCUT2D eigenvalue weighted by Gasteiger charge is -1.95. The zero-order chi connectivity index (χ0) is 8.65. The van der Waals surface area contributed by atoms with Gasteiger partial charge < -0.3 is 4.74 Å². The second-order valence-electron chi connectivity index (χ2n) is 2.63. The standard InChI is InChI=1S/C11H14O/c1-12-10-6-5-9-11-7-3-2-4-8-11/h2-4,6-8,10H,5,9H2,1H3/b10-6-. The number of hydrogen-bond donors (Lipinski definition) is 0. The van der Waals surface area contributed by atoms with Gasteiger partial charge in [0.1, 0.15) is 0 Å². The molecule has 0 heterocycles. The van der Waals surface area contributed by atoms with Crippen LogP contribution < -0.4 is 0 Å². The summed E-state index contributed by atoms with van der Waals surface area (Å²) in [6.45, 7) is 0. The van der Waals surface area contributed by atoms with Crippen molar-refractivity contribution in [3.05, 3.63) is 48.2 Å². The van der Waals surface area contributed by atoms with E-state index in [2.05, 4.69) is 24.3 Å². The lowest BCUT2D eigenvalue weighted by molar-refractivity contribution is 0.336. The Balaban J connectivity index is 2.29. The lowest BCUT2D eigenvalue weighted by atomic mass is 10.1. The molecule has 1 heteroatoms. The van der Waals surface area contributed by atoms with Gasteiger partial charge in [-0.2, -0.15) is 0 Å². The number of aryl methyl sites for hydroxylation is 1. The van der Waals surface area contributed by atoms with E-state index in [1.54, 1.807) is 13.4 Å². The van der Waals surface area contributed by atoms with Gasteiger partial charge in [-0.3, -0.25) is 0 Å². The summed E-state index contributed by atoms with van der Waals surface area (Å²) in [4.78, 5) is 0. The molecule has 0 aromatic heterocycles. The van der Waals surface area contributed by atoms with Crippen molar-refractivity contribution >= 4 is 0 Å². The third-order valence-electron chi connectivity index (χ3n) is 1.67. The SMILES string of the molecule is CO/C=C\CCc1ccccc1. The molecule has 1 nitrogen and oxygen atoms in total. The first-order chi connectivity index (χ1) is 5.93. The van der Waals surface area contributed by atoms with Crippen LogP contribution in [0.4, 0.5) is 0 Å². The minimum Gasteiger partial charge on any atom is -0.505 e. The molecule has 0 aliphatic heterocycles. The fourth-order valence-electron chi connectivity index (χ4n) is 1.06. The van der Waals surface area contributed by atoms with Gasteiger partial charge in [0.15, 0.2) is 0 Å². The summed E-state index contributed by atoms with van der Waals surface area (Å²) in [5.74, 6) is 0. The molecule has 0 radical (unpaired) electrons. The Labute approximate surface area is 73.7 Å². The third kappa shape index (κ3) is 3.24. The van der Waals surface area contributed by atoms with Gasteiger partial charge in [0, 0.05) is 0 Å². The van der Waals surface area contributed by atoms with Crippen LogP contribution >= 0.6 is 0 Å². The van der Waals surface area contributed by atoms with Crippen molar-refractivity contribution in [3.63, 3.8) is 0 Å². The molecule has 1 aromatic carbocycles. The van der Waals surface area contributed by atoms with Gasteiger partial charge in [0.25, 0.3) is 0 Å². The highest BCUT2D eigenvalue weighted by molar-refractivity contribution is 5.15. The summed E-state index contributed by atoms with van der Waals surface area (Å²) in [7, 11) is 1.67. The maximum Gasteiger partial charge on any atom is 0.0784 e. The summed E-state index contributed by atoms with van der Waals surface area (Å²) in [6, 6.07) is 10.4. The highest BCUT2D eigenvalue weighted by Gasteiger charge is 1.87. The first kappa shape index (κ1) is 8.85. The Hall–Kier alpha value is -1.24.